The molecule has 0 aliphatic rings. The van der Waals surface area contributed by atoms with E-state index in [0.717, 1.165) is 6.26 Å². The summed E-state index contributed by atoms with van der Waals surface area (Å²) in [5.41, 5.74) is 14.0. The van der Waals surface area contributed by atoms with Gasteiger partial charge in [-0.05, 0) is 75.2 Å². The molecule has 41 heavy (non-hydrogen) atoms. The van der Waals surface area contributed by atoms with Gasteiger partial charge in [0.05, 0.1) is 19.5 Å². The molecule has 2 aromatic carbocycles. The maximum Gasteiger partial charge on any atom is 0.347 e. The minimum absolute atomic E-state index is 0.0129. The average molecular weight is 599 g/mol. The highest BCUT2D eigenvalue weighted by Gasteiger charge is 2.29. The average Bonchev–Trinajstić information content (AvgIpc) is 2.87. The topological polar surface area (TPSA) is 236 Å². The van der Waals surface area contributed by atoms with Crippen molar-refractivity contribution < 1.29 is 46.6 Å². The minimum atomic E-state index is -3.55. The van der Waals surface area contributed by atoms with E-state index in [2.05, 4.69) is 4.99 Å². The van der Waals surface area contributed by atoms with Crippen LogP contribution in [0.25, 0.3) is 0 Å². The summed E-state index contributed by atoms with van der Waals surface area (Å²) < 4.78 is 43.5. The Bertz CT molecular complexity index is 1230. The lowest BCUT2D eigenvalue weighted by Crippen LogP contribution is -2.37. The van der Waals surface area contributed by atoms with E-state index in [0.29, 0.717) is 56.3 Å². The highest BCUT2D eigenvalue weighted by molar-refractivity contribution is 7.86. The number of hydrogen-bond donors (Lipinski definition) is 5. The Hall–Kier alpha value is -4.24. The second-order valence-electron chi connectivity index (χ2n) is 9.09. The molecule has 2 rings (SSSR count). The van der Waals surface area contributed by atoms with E-state index in [-0.39, 0.29) is 11.7 Å². The van der Waals surface area contributed by atoms with Crippen molar-refractivity contribution in [1.29, 1.82) is 0 Å². The molecule has 1 unspecified atom stereocenters. The van der Waals surface area contributed by atoms with Gasteiger partial charge in [0.25, 0.3) is 0 Å². The van der Waals surface area contributed by atoms with Crippen molar-refractivity contribution in [3.8, 4) is 23.0 Å². The Labute approximate surface area is 239 Å². The summed E-state index contributed by atoms with van der Waals surface area (Å²) in [6, 6.07) is 12.2. The number of carbonyl (C=O) groups is 2. The zero-order valence-electron chi connectivity index (χ0n) is 23.2. The van der Waals surface area contributed by atoms with Crippen molar-refractivity contribution >= 4 is 28.0 Å². The molecule has 0 spiro atoms. The number of nitrogens with two attached hydrogens (primary N) is 3. The van der Waals surface area contributed by atoms with Gasteiger partial charge in [0, 0.05) is 13.0 Å². The Balaban J connectivity index is 0.000000590. The quantitative estimate of drug-likeness (QED) is 0.0799. The standard InChI is InChI=1S/C20H24O8S.C6H14N4O2/c1-20(2,19(21)22)27-17-9-5-15(6-10-17)25-13-4-14-26-16-7-11-18(12-8-16)28-29(3,23)24;7-4(5(11)12)2-1-3-10-6(8)9/h5-12H,4,13-14H2,1-3H3,(H,21,22);4H,1-3,7H2,(H,11,12)(H4,8,9,10). The van der Waals surface area contributed by atoms with Crippen LogP contribution in [-0.2, 0) is 19.7 Å². The molecule has 0 radical (unpaired) electrons. The van der Waals surface area contributed by atoms with Crippen molar-refractivity contribution in [3.05, 3.63) is 48.5 Å². The number of ether oxygens (including phenoxy) is 3. The van der Waals surface area contributed by atoms with Gasteiger partial charge in [-0.3, -0.25) is 9.79 Å². The number of nitrogens with zero attached hydrogens (tertiary/aromatic N) is 1. The van der Waals surface area contributed by atoms with E-state index in [1.54, 1.807) is 36.4 Å². The molecule has 0 amide bonds. The van der Waals surface area contributed by atoms with Crippen LogP contribution in [0.4, 0.5) is 0 Å². The van der Waals surface area contributed by atoms with Gasteiger partial charge in [0.1, 0.15) is 29.0 Å². The lowest BCUT2D eigenvalue weighted by molar-refractivity contribution is -0.152. The molecule has 14 nitrogen and oxygen atoms in total. The Morgan fingerprint density at radius 3 is 1.76 bits per heavy atom. The van der Waals surface area contributed by atoms with Crippen LogP contribution in [0, 0.1) is 0 Å². The van der Waals surface area contributed by atoms with Crippen LogP contribution in [0.5, 0.6) is 23.0 Å². The molecule has 1 atom stereocenters. The third-order valence-electron chi connectivity index (χ3n) is 4.89. The number of aliphatic carboxylic acids is 2. The highest BCUT2D eigenvalue weighted by Crippen LogP contribution is 2.22. The van der Waals surface area contributed by atoms with Crippen LogP contribution in [0.2, 0.25) is 0 Å². The van der Waals surface area contributed by atoms with Gasteiger partial charge >= 0.3 is 22.1 Å². The number of carboxylic acids is 2. The molecule has 0 bridgehead atoms. The third-order valence-corrected chi connectivity index (χ3v) is 5.39. The maximum absolute atomic E-state index is 11.1. The van der Waals surface area contributed by atoms with Crippen molar-refractivity contribution in [2.45, 2.75) is 44.8 Å². The second kappa shape index (κ2) is 16.8. The molecule has 2 aromatic rings. The predicted octanol–water partition coefficient (Wildman–Crippen LogP) is 1.57. The number of aliphatic imine (C=N–C) groups is 1. The first-order chi connectivity index (χ1) is 19.1. The van der Waals surface area contributed by atoms with Crippen molar-refractivity contribution in [3.63, 3.8) is 0 Å². The van der Waals surface area contributed by atoms with Gasteiger partial charge in [-0.2, -0.15) is 8.42 Å². The predicted molar refractivity (Wildman–Crippen MR) is 152 cm³/mol. The lowest BCUT2D eigenvalue weighted by atomic mass is 10.1. The zero-order valence-corrected chi connectivity index (χ0v) is 24.0. The molecule has 0 fully saturated rings. The van der Waals surface area contributed by atoms with E-state index in [9.17, 15) is 18.0 Å². The highest BCUT2D eigenvalue weighted by atomic mass is 32.2. The van der Waals surface area contributed by atoms with Gasteiger partial charge < -0.3 is 45.8 Å². The fourth-order valence-corrected chi connectivity index (χ4v) is 3.25. The molecule has 0 aliphatic carbocycles. The van der Waals surface area contributed by atoms with Gasteiger partial charge in [-0.25, -0.2) is 4.79 Å². The SMILES string of the molecule is CC(C)(Oc1ccc(OCCCOc2ccc(OS(C)(=O)=O)cc2)cc1)C(=O)O.NC(N)=NCCCC(N)C(=O)O. The van der Waals surface area contributed by atoms with E-state index >= 15 is 0 Å². The Morgan fingerprint density at radius 2 is 1.34 bits per heavy atom. The summed E-state index contributed by atoms with van der Waals surface area (Å²) in [6.45, 7) is 4.22. The lowest BCUT2D eigenvalue weighted by Gasteiger charge is -2.21. The summed E-state index contributed by atoms with van der Waals surface area (Å²) in [6.07, 6.45) is 2.57. The molecule has 0 saturated carbocycles. The summed E-state index contributed by atoms with van der Waals surface area (Å²) in [5.74, 6) is -0.145. The van der Waals surface area contributed by atoms with Crippen LogP contribution >= 0.6 is 0 Å². The van der Waals surface area contributed by atoms with Crippen LogP contribution in [0.15, 0.2) is 53.5 Å². The minimum Gasteiger partial charge on any atom is -0.493 e. The maximum atomic E-state index is 11.1. The molecule has 0 heterocycles. The van der Waals surface area contributed by atoms with Crippen molar-refractivity contribution in [1.82, 2.24) is 0 Å². The first-order valence-electron chi connectivity index (χ1n) is 12.4. The molecule has 0 aliphatic heterocycles. The van der Waals surface area contributed by atoms with Gasteiger partial charge in [-0.15, -0.1) is 0 Å². The molecular weight excluding hydrogens is 560 g/mol. The summed E-state index contributed by atoms with van der Waals surface area (Å²) in [4.78, 5) is 25.0. The first-order valence-corrected chi connectivity index (χ1v) is 14.2. The summed E-state index contributed by atoms with van der Waals surface area (Å²) >= 11 is 0. The largest absolute Gasteiger partial charge is 0.493 e. The zero-order chi connectivity index (χ0) is 31.1. The number of benzene rings is 2. The van der Waals surface area contributed by atoms with Crippen LogP contribution in [-0.4, -0.2) is 74.2 Å². The third kappa shape index (κ3) is 15.8. The molecule has 228 valence electrons. The monoisotopic (exact) mass is 598 g/mol. The molecule has 15 heteroatoms. The smallest absolute Gasteiger partial charge is 0.347 e. The summed E-state index contributed by atoms with van der Waals surface area (Å²) in [7, 11) is -3.55. The van der Waals surface area contributed by atoms with Crippen LogP contribution < -0.4 is 35.6 Å². The van der Waals surface area contributed by atoms with E-state index in [1.807, 2.05) is 0 Å². The number of guanidine groups is 1. The van der Waals surface area contributed by atoms with Gasteiger partial charge in [0.2, 0.25) is 0 Å². The van der Waals surface area contributed by atoms with Gasteiger partial charge in [-0.1, -0.05) is 0 Å². The van der Waals surface area contributed by atoms with E-state index in [1.165, 1.54) is 26.0 Å². The summed E-state index contributed by atoms with van der Waals surface area (Å²) in [5, 5.41) is 17.5. The Morgan fingerprint density at radius 1 is 0.878 bits per heavy atom. The van der Waals surface area contributed by atoms with Crippen LogP contribution in [0.1, 0.15) is 33.1 Å². The van der Waals surface area contributed by atoms with E-state index < -0.39 is 33.7 Å². The van der Waals surface area contributed by atoms with Gasteiger partial charge in [0.15, 0.2) is 11.6 Å². The normalized spacial score (nSPS) is 11.7. The fraction of sp³-hybridized carbons (Fsp3) is 0.423. The fourth-order valence-electron chi connectivity index (χ4n) is 2.79. The molecule has 0 aromatic heterocycles. The van der Waals surface area contributed by atoms with Crippen molar-refractivity contribution in [2.24, 2.45) is 22.2 Å². The number of carboxylic acid groups (broad SMARTS) is 2. The van der Waals surface area contributed by atoms with Crippen LogP contribution in [0.3, 0.4) is 0 Å². The molecular formula is C26H38N4O10S. The molecule has 0 saturated heterocycles. The molecule has 8 N–H and O–H groups in total. The van der Waals surface area contributed by atoms with Crippen molar-refractivity contribution in [2.75, 3.05) is 26.0 Å². The number of rotatable bonds is 16. The second-order valence-corrected chi connectivity index (χ2v) is 10.7. The number of hydrogen-bond acceptors (Lipinski definition) is 10. The first kappa shape index (κ1) is 34.8. The van der Waals surface area contributed by atoms with E-state index in [4.69, 9.17) is 45.8 Å². The Kier molecular flexibility index (Phi) is 14.2.